The maximum atomic E-state index is 11.3. The third-order valence-corrected chi connectivity index (χ3v) is 2.63. The fourth-order valence-corrected chi connectivity index (χ4v) is 1.85. The van der Waals surface area contributed by atoms with Gasteiger partial charge in [0.15, 0.2) is 5.78 Å². The van der Waals surface area contributed by atoms with Crippen LogP contribution in [0.5, 0.6) is 0 Å². The largest absolute Gasteiger partial charge is 0.328 e. The summed E-state index contributed by atoms with van der Waals surface area (Å²) in [6, 6.07) is 3.37. The number of nitrogens with two attached hydrogens (primary N) is 1. The van der Waals surface area contributed by atoms with Gasteiger partial charge in [0.1, 0.15) is 0 Å². The lowest BCUT2D eigenvalue weighted by Gasteiger charge is -2.00. The maximum absolute atomic E-state index is 11.3. The normalized spacial score (nSPS) is 12.9. The highest BCUT2D eigenvalue weighted by Crippen LogP contribution is 2.22. The highest BCUT2D eigenvalue weighted by molar-refractivity contribution is 7.18. The summed E-state index contributed by atoms with van der Waals surface area (Å²) in [5, 5.41) is 0. The van der Waals surface area contributed by atoms with Crippen LogP contribution < -0.4 is 5.73 Å². The summed E-state index contributed by atoms with van der Waals surface area (Å²) in [5.74, 6) is 0.0712. The van der Waals surface area contributed by atoms with Gasteiger partial charge in [-0.3, -0.25) is 4.79 Å². The van der Waals surface area contributed by atoms with Crippen molar-refractivity contribution >= 4 is 28.7 Å². The number of hydrogen-bond acceptors (Lipinski definition) is 3. The van der Waals surface area contributed by atoms with E-state index in [1.165, 1.54) is 11.3 Å². The van der Waals surface area contributed by atoms with Crippen LogP contribution in [0.1, 0.15) is 23.0 Å². The monoisotopic (exact) mass is 203 g/mol. The first-order chi connectivity index (χ1) is 5.59. The molecule has 2 nitrogen and oxygen atoms in total. The van der Waals surface area contributed by atoms with Crippen LogP contribution in [-0.2, 0) is 0 Å². The van der Waals surface area contributed by atoms with Crippen molar-refractivity contribution in [2.24, 2.45) is 5.73 Å². The minimum atomic E-state index is -0.0848. The van der Waals surface area contributed by atoms with Crippen molar-refractivity contribution in [3.05, 3.63) is 21.3 Å². The average molecular weight is 204 g/mol. The van der Waals surface area contributed by atoms with Gasteiger partial charge in [-0.15, -0.1) is 11.3 Å². The molecule has 1 aromatic rings. The Balaban J connectivity index is 2.65. The van der Waals surface area contributed by atoms with Gasteiger partial charge in [-0.2, -0.15) is 0 Å². The van der Waals surface area contributed by atoms with Gasteiger partial charge >= 0.3 is 0 Å². The quantitative estimate of drug-likeness (QED) is 0.767. The van der Waals surface area contributed by atoms with Crippen molar-refractivity contribution in [1.82, 2.24) is 0 Å². The first-order valence-corrected chi connectivity index (χ1v) is 4.83. The molecular formula is C8H10ClNOS. The van der Waals surface area contributed by atoms with Crippen molar-refractivity contribution in [3.8, 4) is 0 Å². The Morgan fingerprint density at radius 1 is 1.75 bits per heavy atom. The van der Waals surface area contributed by atoms with Gasteiger partial charge in [0.25, 0.3) is 0 Å². The molecule has 0 aliphatic heterocycles. The first-order valence-electron chi connectivity index (χ1n) is 3.63. The molecule has 0 amide bonds. The lowest BCUT2D eigenvalue weighted by Crippen LogP contribution is -2.19. The summed E-state index contributed by atoms with van der Waals surface area (Å²) >= 11 is 6.97. The van der Waals surface area contributed by atoms with Crippen molar-refractivity contribution in [1.29, 1.82) is 0 Å². The van der Waals surface area contributed by atoms with Crippen LogP contribution in [0.4, 0.5) is 0 Å². The minimum absolute atomic E-state index is 0.0712. The molecule has 1 rings (SSSR count). The third kappa shape index (κ3) is 2.59. The number of hydrogen-bond donors (Lipinski definition) is 1. The van der Waals surface area contributed by atoms with Crippen LogP contribution in [0.2, 0.25) is 4.34 Å². The van der Waals surface area contributed by atoms with E-state index < -0.39 is 0 Å². The molecule has 1 unspecified atom stereocenters. The zero-order chi connectivity index (χ0) is 9.14. The van der Waals surface area contributed by atoms with E-state index in [4.69, 9.17) is 17.3 Å². The average Bonchev–Trinajstić information content (AvgIpc) is 2.34. The SMILES string of the molecule is CC(N)CC(=O)c1ccc(Cl)s1. The van der Waals surface area contributed by atoms with Crippen LogP contribution >= 0.6 is 22.9 Å². The van der Waals surface area contributed by atoms with E-state index in [-0.39, 0.29) is 11.8 Å². The van der Waals surface area contributed by atoms with E-state index in [2.05, 4.69) is 0 Å². The van der Waals surface area contributed by atoms with E-state index in [0.717, 1.165) is 0 Å². The van der Waals surface area contributed by atoms with Gasteiger partial charge in [0.2, 0.25) is 0 Å². The number of thiophene rings is 1. The molecule has 0 aliphatic carbocycles. The molecule has 2 N–H and O–H groups in total. The zero-order valence-corrected chi connectivity index (χ0v) is 8.28. The molecule has 0 aromatic carbocycles. The van der Waals surface area contributed by atoms with Crippen LogP contribution in [0, 0.1) is 0 Å². The summed E-state index contributed by atoms with van der Waals surface area (Å²) in [5.41, 5.74) is 5.49. The Morgan fingerprint density at radius 3 is 2.83 bits per heavy atom. The minimum Gasteiger partial charge on any atom is -0.328 e. The van der Waals surface area contributed by atoms with Crippen molar-refractivity contribution < 1.29 is 4.79 Å². The molecule has 66 valence electrons. The Labute approximate surface area is 80.3 Å². The molecule has 0 bridgehead atoms. The molecule has 12 heavy (non-hydrogen) atoms. The Morgan fingerprint density at radius 2 is 2.42 bits per heavy atom. The summed E-state index contributed by atoms with van der Waals surface area (Å²) in [7, 11) is 0. The van der Waals surface area contributed by atoms with E-state index in [1.807, 2.05) is 6.92 Å². The van der Waals surface area contributed by atoms with Crippen molar-refractivity contribution in [2.75, 3.05) is 0 Å². The zero-order valence-electron chi connectivity index (χ0n) is 6.71. The summed E-state index contributed by atoms with van der Waals surface area (Å²) in [6.07, 6.45) is 0.386. The van der Waals surface area contributed by atoms with E-state index in [9.17, 15) is 4.79 Å². The lowest BCUT2D eigenvalue weighted by atomic mass is 10.1. The molecule has 0 radical (unpaired) electrons. The van der Waals surface area contributed by atoms with Gasteiger partial charge in [-0.05, 0) is 19.1 Å². The Kier molecular flexibility index (Phi) is 3.26. The van der Waals surface area contributed by atoms with Gasteiger partial charge in [0.05, 0.1) is 9.21 Å². The molecular weight excluding hydrogens is 194 g/mol. The Bertz CT molecular complexity index is 282. The smallest absolute Gasteiger partial charge is 0.174 e. The van der Waals surface area contributed by atoms with E-state index in [0.29, 0.717) is 15.6 Å². The number of Topliss-reactive ketones (excluding diaryl/α,β-unsaturated/α-hetero) is 1. The lowest BCUT2D eigenvalue weighted by molar-refractivity contribution is 0.0980. The van der Waals surface area contributed by atoms with Crippen LogP contribution in [0.15, 0.2) is 12.1 Å². The second-order valence-corrected chi connectivity index (χ2v) is 4.42. The summed E-state index contributed by atoms with van der Waals surface area (Å²) in [6.45, 7) is 1.81. The number of carbonyl (C=O) groups is 1. The molecule has 0 saturated carbocycles. The van der Waals surface area contributed by atoms with Crippen LogP contribution in [0.3, 0.4) is 0 Å². The highest BCUT2D eigenvalue weighted by atomic mass is 35.5. The topological polar surface area (TPSA) is 43.1 Å². The summed E-state index contributed by atoms with van der Waals surface area (Å²) < 4.78 is 0.642. The van der Waals surface area contributed by atoms with E-state index in [1.54, 1.807) is 12.1 Å². The molecule has 0 saturated heterocycles. The fourth-order valence-electron chi connectivity index (χ4n) is 0.857. The predicted octanol–water partition coefficient (Wildman–Crippen LogP) is 2.32. The number of rotatable bonds is 3. The standard InChI is InChI=1S/C8H10ClNOS/c1-5(10)4-6(11)7-2-3-8(9)12-7/h2-3,5H,4,10H2,1H3. The molecule has 1 aromatic heterocycles. The second kappa shape index (κ2) is 4.03. The third-order valence-electron chi connectivity index (χ3n) is 1.36. The molecule has 0 fully saturated rings. The first kappa shape index (κ1) is 9.71. The number of carbonyl (C=O) groups excluding carboxylic acids is 1. The molecule has 1 heterocycles. The fraction of sp³-hybridized carbons (Fsp3) is 0.375. The van der Waals surface area contributed by atoms with Crippen molar-refractivity contribution in [2.45, 2.75) is 19.4 Å². The molecule has 1 atom stereocenters. The van der Waals surface area contributed by atoms with Crippen LogP contribution in [-0.4, -0.2) is 11.8 Å². The Hall–Kier alpha value is -0.380. The molecule has 0 aliphatic rings. The molecule has 0 spiro atoms. The van der Waals surface area contributed by atoms with Gasteiger partial charge < -0.3 is 5.73 Å². The second-order valence-electron chi connectivity index (χ2n) is 2.71. The van der Waals surface area contributed by atoms with Gasteiger partial charge in [0, 0.05) is 12.5 Å². The van der Waals surface area contributed by atoms with Crippen molar-refractivity contribution in [3.63, 3.8) is 0 Å². The van der Waals surface area contributed by atoms with Gasteiger partial charge in [-0.1, -0.05) is 11.6 Å². The number of ketones is 1. The molecule has 4 heteroatoms. The van der Waals surface area contributed by atoms with E-state index >= 15 is 0 Å². The summed E-state index contributed by atoms with van der Waals surface area (Å²) in [4.78, 5) is 12.0. The predicted molar refractivity (Wildman–Crippen MR) is 51.9 cm³/mol. The van der Waals surface area contributed by atoms with Gasteiger partial charge in [-0.25, -0.2) is 0 Å². The maximum Gasteiger partial charge on any atom is 0.174 e. The van der Waals surface area contributed by atoms with Crippen LogP contribution in [0.25, 0.3) is 0 Å². The highest BCUT2D eigenvalue weighted by Gasteiger charge is 2.10. The number of halogens is 1.